The highest BCUT2D eigenvalue weighted by Crippen LogP contribution is 2.12. The van der Waals surface area contributed by atoms with E-state index in [1.165, 1.54) is 0 Å². The zero-order valence-electron chi connectivity index (χ0n) is 15.4. The number of benzene rings is 1. The number of nitrogens with one attached hydrogen (secondary N) is 1. The molecule has 0 saturated carbocycles. The number of halogens is 1. The van der Waals surface area contributed by atoms with Gasteiger partial charge in [0.15, 0.2) is 5.96 Å². The summed E-state index contributed by atoms with van der Waals surface area (Å²) in [6.45, 7) is 6.55. The molecule has 1 amide bonds. The molecule has 0 bridgehead atoms. The van der Waals surface area contributed by atoms with Crippen LogP contribution in [0.25, 0.3) is 0 Å². The number of guanidine groups is 1. The van der Waals surface area contributed by atoms with Gasteiger partial charge < -0.3 is 25.4 Å². The van der Waals surface area contributed by atoms with Crippen molar-refractivity contribution in [3.8, 4) is 5.75 Å². The number of carbonyl (C=O) groups is 1. The highest BCUT2D eigenvalue weighted by atomic mass is 127. The van der Waals surface area contributed by atoms with Crippen LogP contribution in [0.2, 0.25) is 0 Å². The molecular formula is C18H29IN4O3. The molecule has 0 spiro atoms. The fraction of sp³-hybridized carbons (Fsp3) is 0.556. The number of piperidine rings is 1. The van der Waals surface area contributed by atoms with Crippen LogP contribution in [-0.4, -0.2) is 55.8 Å². The largest absolute Gasteiger partial charge is 0.492 e. The van der Waals surface area contributed by atoms with Crippen LogP contribution in [0.3, 0.4) is 0 Å². The molecule has 2 rings (SSSR count). The second kappa shape index (κ2) is 11.8. The Morgan fingerprint density at radius 2 is 2.12 bits per heavy atom. The molecule has 1 fully saturated rings. The van der Waals surface area contributed by atoms with Crippen LogP contribution in [0.15, 0.2) is 29.3 Å². The van der Waals surface area contributed by atoms with Crippen molar-refractivity contribution >= 4 is 36.0 Å². The summed E-state index contributed by atoms with van der Waals surface area (Å²) < 4.78 is 10.7. The van der Waals surface area contributed by atoms with Crippen LogP contribution in [0.1, 0.15) is 25.3 Å². The van der Waals surface area contributed by atoms with E-state index >= 15 is 0 Å². The summed E-state index contributed by atoms with van der Waals surface area (Å²) >= 11 is 0. The molecule has 0 atom stereocenters. The Balaban J connectivity index is 0.00000338. The molecule has 1 aromatic carbocycles. The molecule has 1 aromatic rings. The SMILES string of the molecule is CCOC(=O)N1CCC(NC(N)=NCCOc2cccc(C)c2)CC1.I. The van der Waals surface area contributed by atoms with Crippen LogP contribution in [-0.2, 0) is 4.74 Å². The van der Waals surface area contributed by atoms with Gasteiger partial charge in [0.2, 0.25) is 0 Å². The third kappa shape index (κ3) is 7.67. The number of carbonyl (C=O) groups excluding carboxylic acids is 1. The van der Waals surface area contributed by atoms with Crippen molar-refractivity contribution in [1.82, 2.24) is 10.2 Å². The molecule has 1 heterocycles. The number of aryl methyl sites for hydroxylation is 1. The minimum absolute atomic E-state index is 0. The van der Waals surface area contributed by atoms with Crippen molar-refractivity contribution in [2.45, 2.75) is 32.7 Å². The molecule has 0 radical (unpaired) electrons. The molecule has 0 aromatic heterocycles. The molecule has 3 N–H and O–H groups in total. The average Bonchev–Trinajstić information content (AvgIpc) is 2.60. The standard InChI is InChI=1S/C18H28N4O3.HI/c1-3-24-18(23)22-10-7-15(8-11-22)21-17(19)20-9-12-25-16-6-4-5-14(2)13-16;/h4-6,13,15H,3,7-12H2,1-2H3,(H3,19,20,21);1H. The first-order valence-corrected chi connectivity index (χ1v) is 8.76. The van der Waals surface area contributed by atoms with E-state index in [9.17, 15) is 4.79 Å². The van der Waals surface area contributed by atoms with Crippen LogP contribution < -0.4 is 15.8 Å². The van der Waals surface area contributed by atoms with E-state index < -0.39 is 0 Å². The summed E-state index contributed by atoms with van der Waals surface area (Å²) in [7, 11) is 0. The predicted molar refractivity (Wildman–Crippen MR) is 113 cm³/mol. The lowest BCUT2D eigenvalue weighted by atomic mass is 10.1. The number of hydrogen-bond acceptors (Lipinski definition) is 4. The predicted octanol–water partition coefficient (Wildman–Crippen LogP) is 2.52. The molecule has 8 heteroatoms. The Kier molecular flexibility index (Phi) is 10.2. The molecule has 26 heavy (non-hydrogen) atoms. The van der Waals surface area contributed by atoms with Gasteiger partial charge in [-0.05, 0) is 44.4 Å². The summed E-state index contributed by atoms with van der Waals surface area (Å²) in [5, 5.41) is 3.21. The second-order valence-electron chi connectivity index (χ2n) is 6.04. The third-order valence-electron chi connectivity index (χ3n) is 4.00. The molecule has 1 aliphatic heterocycles. The summed E-state index contributed by atoms with van der Waals surface area (Å²) in [5.74, 6) is 1.26. The number of amides is 1. The van der Waals surface area contributed by atoms with E-state index in [-0.39, 0.29) is 36.1 Å². The molecule has 7 nitrogen and oxygen atoms in total. The van der Waals surface area contributed by atoms with Crippen molar-refractivity contribution in [3.05, 3.63) is 29.8 Å². The number of hydrogen-bond donors (Lipinski definition) is 2. The van der Waals surface area contributed by atoms with Gasteiger partial charge in [-0.15, -0.1) is 24.0 Å². The van der Waals surface area contributed by atoms with Crippen molar-refractivity contribution in [1.29, 1.82) is 0 Å². The number of likely N-dealkylation sites (tertiary alicyclic amines) is 1. The highest BCUT2D eigenvalue weighted by molar-refractivity contribution is 14.0. The quantitative estimate of drug-likeness (QED) is 0.285. The first-order valence-electron chi connectivity index (χ1n) is 8.76. The Hall–Kier alpha value is -1.71. The Labute approximate surface area is 172 Å². The van der Waals surface area contributed by atoms with Gasteiger partial charge in [0, 0.05) is 19.1 Å². The normalized spacial score (nSPS) is 15.2. The van der Waals surface area contributed by atoms with Crippen molar-refractivity contribution in [2.24, 2.45) is 10.7 Å². The maximum absolute atomic E-state index is 11.7. The average molecular weight is 476 g/mol. The van der Waals surface area contributed by atoms with Crippen LogP contribution in [0.5, 0.6) is 5.75 Å². The number of nitrogens with two attached hydrogens (primary N) is 1. The van der Waals surface area contributed by atoms with Gasteiger partial charge in [0.1, 0.15) is 12.4 Å². The Morgan fingerprint density at radius 3 is 2.77 bits per heavy atom. The fourth-order valence-electron chi connectivity index (χ4n) is 2.71. The molecular weight excluding hydrogens is 447 g/mol. The van der Waals surface area contributed by atoms with Crippen LogP contribution in [0, 0.1) is 6.92 Å². The zero-order chi connectivity index (χ0) is 18.1. The number of rotatable bonds is 6. The van der Waals surface area contributed by atoms with Crippen molar-refractivity contribution in [3.63, 3.8) is 0 Å². The Bertz CT molecular complexity index is 590. The summed E-state index contributed by atoms with van der Waals surface area (Å²) in [4.78, 5) is 17.7. The molecule has 0 aliphatic carbocycles. The number of aliphatic imine (C=N–C) groups is 1. The number of nitrogens with zero attached hydrogens (tertiary/aromatic N) is 2. The van der Waals surface area contributed by atoms with E-state index in [1.54, 1.807) is 4.90 Å². The van der Waals surface area contributed by atoms with Gasteiger partial charge in [-0.3, -0.25) is 0 Å². The third-order valence-corrected chi connectivity index (χ3v) is 4.00. The fourth-order valence-corrected chi connectivity index (χ4v) is 2.71. The lowest BCUT2D eigenvalue weighted by molar-refractivity contribution is 0.0963. The lowest BCUT2D eigenvalue weighted by Gasteiger charge is -2.31. The van der Waals surface area contributed by atoms with Crippen molar-refractivity contribution in [2.75, 3.05) is 32.8 Å². The molecule has 0 unspecified atom stereocenters. The Morgan fingerprint density at radius 1 is 1.38 bits per heavy atom. The first-order chi connectivity index (χ1) is 12.1. The van der Waals surface area contributed by atoms with Crippen LogP contribution in [0.4, 0.5) is 4.79 Å². The van der Waals surface area contributed by atoms with E-state index in [0.29, 0.717) is 38.8 Å². The van der Waals surface area contributed by atoms with Gasteiger partial charge >= 0.3 is 6.09 Å². The molecule has 1 saturated heterocycles. The van der Waals surface area contributed by atoms with Gasteiger partial charge in [0.05, 0.1) is 13.2 Å². The lowest BCUT2D eigenvalue weighted by Crippen LogP contribution is -2.48. The van der Waals surface area contributed by atoms with Gasteiger partial charge in [-0.25, -0.2) is 9.79 Å². The van der Waals surface area contributed by atoms with E-state index in [4.69, 9.17) is 15.2 Å². The van der Waals surface area contributed by atoms with E-state index in [0.717, 1.165) is 24.2 Å². The minimum Gasteiger partial charge on any atom is -0.492 e. The summed E-state index contributed by atoms with van der Waals surface area (Å²) in [6, 6.07) is 8.14. The van der Waals surface area contributed by atoms with E-state index in [1.807, 2.05) is 38.1 Å². The second-order valence-corrected chi connectivity index (χ2v) is 6.04. The smallest absolute Gasteiger partial charge is 0.409 e. The summed E-state index contributed by atoms with van der Waals surface area (Å²) in [5.41, 5.74) is 7.09. The maximum atomic E-state index is 11.7. The van der Waals surface area contributed by atoms with Crippen LogP contribution >= 0.6 is 24.0 Å². The first kappa shape index (κ1) is 22.3. The van der Waals surface area contributed by atoms with Gasteiger partial charge in [-0.2, -0.15) is 0 Å². The van der Waals surface area contributed by atoms with Gasteiger partial charge in [0.25, 0.3) is 0 Å². The number of ether oxygens (including phenoxy) is 2. The monoisotopic (exact) mass is 476 g/mol. The topological polar surface area (TPSA) is 89.2 Å². The van der Waals surface area contributed by atoms with Crippen molar-refractivity contribution < 1.29 is 14.3 Å². The molecule has 146 valence electrons. The maximum Gasteiger partial charge on any atom is 0.409 e. The van der Waals surface area contributed by atoms with E-state index in [2.05, 4.69) is 10.3 Å². The minimum atomic E-state index is -0.240. The highest BCUT2D eigenvalue weighted by Gasteiger charge is 2.23. The zero-order valence-corrected chi connectivity index (χ0v) is 17.8. The van der Waals surface area contributed by atoms with Gasteiger partial charge in [-0.1, -0.05) is 12.1 Å². The summed E-state index contributed by atoms with van der Waals surface area (Å²) in [6.07, 6.45) is 1.42. The molecule has 1 aliphatic rings.